The molecule has 1 fully saturated rings. The van der Waals surface area contributed by atoms with Gasteiger partial charge in [-0.2, -0.15) is 0 Å². The largest absolute Gasteiger partial charge is 0.352 e. The fourth-order valence-electron chi connectivity index (χ4n) is 3.96. The Morgan fingerprint density at radius 3 is 2.26 bits per heavy atom. The molecule has 0 unspecified atom stereocenters. The molecular weight excluding hydrogens is 426 g/mol. The zero-order valence-corrected chi connectivity index (χ0v) is 19.4. The number of amides is 2. The quantitative estimate of drug-likeness (QED) is 0.511. The summed E-state index contributed by atoms with van der Waals surface area (Å²) in [5, 5.41) is 8.76. The summed E-state index contributed by atoms with van der Waals surface area (Å²) < 4.78 is 0. The van der Waals surface area contributed by atoms with Crippen LogP contribution >= 0.6 is 0 Å². The predicted molar refractivity (Wildman–Crippen MR) is 134 cm³/mol. The average Bonchev–Trinajstić information content (AvgIpc) is 2.89. The van der Waals surface area contributed by atoms with Gasteiger partial charge in [-0.05, 0) is 31.2 Å². The van der Waals surface area contributed by atoms with Crippen molar-refractivity contribution in [2.24, 2.45) is 0 Å². The van der Waals surface area contributed by atoms with Crippen molar-refractivity contribution in [3.05, 3.63) is 90.5 Å². The number of rotatable bonds is 7. The molecule has 1 aromatic heterocycles. The molecule has 0 spiro atoms. The first-order chi connectivity index (χ1) is 16.5. The van der Waals surface area contributed by atoms with Crippen molar-refractivity contribution in [2.75, 3.05) is 44.2 Å². The van der Waals surface area contributed by atoms with Gasteiger partial charge in [-0.25, -0.2) is 0 Å². The van der Waals surface area contributed by atoms with E-state index in [-0.39, 0.29) is 18.4 Å². The minimum absolute atomic E-state index is 0.0321. The summed E-state index contributed by atoms with van der Waals surface area (Å²) in [5.74, 6) is 0.572. The standard InChI is InChI=1S/C27H29N5O2/c1-3-15-32(27(34)23-11-9-21(2)10-12-23)20-26(33)31-18-16-30(17-19-31)25-14-13-24(28-29-25)22-7-5-4-6-8-22/h3-14H,1,15-20H2,2H3. The van der Waals surface area contributed by atoms with Crippen molar-refractivity contribution >= 4 is 17.6 Å². The van der Waals surface area contributed by atoms with E-state index in [0.717, 1.165) is 22.6 Å². The van der Waals surface area contributed by atoms with Gasteiger partial charge in [0, 0.05) is 43.9 Å². The Bertz CT molecular complexity index is 1120. The maximum Gasteiger partial charge on any atom is 0.254 e. The highest BCUT2D eigenvalue weighted by atomic mass is 16.2. The van der Waals surface area contributed by atoms with E-state index in [0.29, 0.717) is 38.3 Å². The summed E-state index contributed by atoms with van der Waals surface area (Å²) in [7, 11) is 0. The third kappa shape index (κ3) is 5.49. The van der Waals surface area contributed by atoms with Crippen LogP contribution in [0, 0.1) is 6.92 Å². The van der Waals surface area contributed by atoms with Gasteiger partial charge in [-0.1, -0.05) is 54.1 Å². The van der Waals surface area contributed by atoms with Gasteiger partial charge in [0.1, 0.15) is 6.54 Å². The second-order valence-electron chi connectivity index (χ2n) is 8.35. The van der Waals surface area contributed by atoms with Crippen molar-refractivity contribution in [3.8, 4) is 11.3 Å². The van der Waals surface area contributed by atoms with Crippen LogP contribution in [-0.2, 0) is 4.79 Å². The zero-order chi connectivity index (χ0) is 23.9. The van der Waals surface area contributed by atoms with Gasteiger partial charge >= 0.3 is 0 Å². The zero-order valence-electron chi connectivity index (χ0n) is 19.4. The highest BCUT2D eigenvalue weighted by molar-refractivity contribution is 5.96. The molecule has 3 aromatic rings. The van der Waals surface area contributed by atoms with Crippen LogP contribution in [0.15, 0.2) is 79.4 Å². The van der Waals surface area contributed by atoms with E-state index in [9.17, 15) is 9.59 Å². The van der Waals surface area contributed by atoms with Crippen LogP contribution in [0.25, 0.3) is 11.3 Å². The van der Waals surface area contributed by atoms with Crippen molar-refractivity contribution in [2.45, 2.75) is 6.92 Å². The Hall–Kier alpha value is -4.00. The molecule has 0 aliphatic carbocycles. The molecule has 2 heterocycles. The average molecular weight is 456 g/mol. The second kappa shape index (κ2) is 10.7. The van der Waals surface area contributed by atoms with E-state index < -0.39 is 0 Å². The number of hydrogen-bond acceptors (Lipinski definition) is 5. The van der Waals surface area contributed by atoms with Gasteiger partial charge in [-0.3, -0.25) is 9.59 Å². The summed E-state index contributed by atoms with van der Waals surface area (Å²) in [6.07, 6.45) is 1.65. The fraction of sp³-hybridized carbons (Fsp3) is 0.259. The molecule has 1 aliphatic heterocycles. The highest BCUT2D eigenvalue weighted by Gasteiger charge is 2.25. The topological polar surface area (TPSA) is 69.6 Å². The summed E-state index contributed by atoms with van der Waals surface area (Å²) in [5.41, 5.74) is 3.52. The number of aryl methyl sites for hydroxylation is 1. The SMILES string of the molecule is C=CCN(CC(=O)N1CCN(c2ccc(-c3ccccc3)nn2)CC1)C(=O)c1ccc(C)cc1. The number of benzene rings is 2. The summed E-state index contributed by atoms with van der Waals surface area (Å²) in [4.78, 5) is 31.4. The van der Waals surface area contributed by atoms with Crippen LogP contribution in [0.2, 0.25) is 0 Å². The number of anilines is 1. The van der Waals surface area contributed by atoms with Gasteiger partial charge in [0.25, 0.3) is 5.91 Å². The molecule has 0 atom stereocenters. The van der Waals surface area contributed by atoms with Gasteiger partial charge in [0.2, 0.25) is 5.91 Å². The van der Waals surface area contributed by atoms with Gasteiger partial charge in [-0.15, -0.1) is 16.8 Å². The van der Waals surface area contributed by atoms with Crippen LogP contribution in [0.1, 0.15) is 15.9 Å². The number of carbonyl (C=O) groups is 2. The Balaban J connectivity index is 1.33. The Labute approximate surface area is 200 Å². The molecule has 2 amide bonds. The fourth-order valence-corrected chi connectivity index (χ4v) is 3.96. The summed E-state index contributed by atoms with van der Waals surface area (Å²) in [6.45, 7) is 8.54. The van der Waals surface area contributed by atoms with Crippen molar-refractivity contribution < 1.29 is 9.59 Å². The third-order valence-corrected chi connectivity index (χ3v) is 5.94. The van der Waals surface area contributed by atoms with Gasteiger partial charge < -0.3 is 14.7 Å². The Morgan fingerprint density at radius 2 is 1.65 bits per heavy atom. The lowest BCUT2D eigenvalue weighted by Gasteiger charge is -2.36. The lowest BCUT2D eigenvalue weighted by atomic mass is 10.1. The van der Waals surface area contributed by atoms with Crippen molar-refractivity contribution in [1.82, 2.24) is 20.0 Å². The van der Waals surface area contributed by atoms with E-state index in [2.05, 4.69) is 21.7 Å². The Kier molecular flexibility index (Phi) is 7.32. The lowest BCUT2D eigenvalue weighted by molar-refractivity contribution is -0.132. The molecule has 7 heteroatoms. The number of nitrogens with zero attached hydrogens (tertiary/aromatic N) is 5. The van der Waals surface area contributed by atoms with E-state index in [4.69, 9.17) is 0 Å². The molecule has 174 valence electrons. The van der Waals surface area contributed by atoms with E-state index in [1.54, 1.807) is 28.0 Å². The maximum atomic E-state index is 13.0. The monoisotopic (exact) mass is 455 g/mol. The molecule has 4 rings (SSSR count). The third-order valence-electron chi connectivity index (χ3n) is 5.94. The number of carbonyl (C=O) groups excluding carboxylic acids is 2. The summed E-state index contributed by atoms with van der Waals surface area (Å²) >= 11 is 0. The number of aromatic nitrogens is 2. The first-order valence-corrected chi connectivity index (χ1v) is 11.4. The Morgan fingerprint density at radius 1 is 0.941 bits per heavy atom. The maximum absolute atomic E-state index is 13.0. The molecule has 1 aliphatic rings. The van der Waals surface area contributed by atoms with Crippen molar-refractivity contribution in [1.29, 1.82) is 0 Å². The molecule has 0 radical (unpaired) electrons. The van der Waals surface area contributed by atoms with Crippen molar-refractivity contribution in [3.63, 3.8) is 0 Å². The van der Waals surface area contributed by atoms with Crippen LogP contribution in [0.4, 0.5) is 5.82 Å². The first-order valence-electron chi connectivity index (χ1n) is 11.4. The van der Waals surface area contributed by atoms with Gasteiger partial charge in [0.05, 0.1) is 5.69 Å². The molecule has 2 aromatic carbocycles. The minimum Gasteiger partial charge on any atom is -0.352 e. The minimum atomic E-state index is -0.166. The first kappa shape index (κ1) is 23.2. The molecule has 1 saturated heterocycles. The molecular formula is C27H29N5O2. The van der Waals surface area contributed by atoms with Crippen LogP contribution in [0.3, 0.4) is 0 Å². The van der Waals surface area contributed by atoms with Crippen LogP contribution < -0.4 is 4.90 Å². The van der Waals surface area contributed by atoms with E-state index in [1.807, 2.05) is 61.5 Å². The van der Waals surface area contributed by atoms with Crippen LogP contribution in [0.5, 0.6) is 0 Å². The lowest BCUT2D eigenvalue weighted by Crippen LogP contribution is -2.52. The normalized spacial score (nSPS) is 13.4. The molecule has 7 nitrogen and oxygen atoms in total. The summed E-state index contributed by atoms with van der Waals surface area (Å²) in [6, 6.07) is 21.3. The highest BCUT2D eigenvalue weighted by Crippen LogP contribution is 2.19. The molecule has 34 heavy (non-hydrogen) atoms. The van der Waals surface area contributed by atoms with E-state index in [1.165, 1.54) is 0 Å². The van der Waals surface area contributed by atoms with E-state index >= 15 is 0 Å². The van der Waals surface area contributed by atoms with Gasteiger partial charge in [0.15, 0.2) is 5.82 Å². The second-order valence-corrected chi connectivity index (χ2v) is 8.35. The van der Waals surface area contributed by atoms with Crippen LogP contribution in [-0.4, -0.2) is 71.1 Å². The molecule has 0 saturated carbocycles. The smallest absolute Gasteiger partial charge is 0.254 e. The number of piperazine rings is 1. The number of hydrogen-bond donors (Lipinski definition) is 0. The predicted octanol–water partition coefficient (Wildman–Crippen LogP) is 3.43. The molecule has 0 N–H and O–H groups in total. The molecule has 0 bridgehead atoms.